The van der Waals surface area contributed by atoms with E-state index in [0.29, 0.717) is 26.3 Å². The summed E-state index contributed by atoms with van der Waals surface area (Å²) in [5, 5.41) is 8.98. The predicted octanol–water partition coefficient (Wildman–Crippen LogP) is 2.19. The number of carboxylic acids is 1. The van der Waals surface area contributed by atoms with Crippen LogP contribution in [-0.4, -0.2) is 69.0 Å². The molecule has 24 heavy (non-hydrogen) atoms. The molecule has 0 bridgehead atoms. The van der Waals surface area contributed by atoms with Crippen LogP contribution in [0.25, 0.3) is 0 Å². The standard InChI is InChI=1S/C15H19Cl2NO6/c1-22-5-3-18(4-6-23-2)13(19)9-24-14-11(16)7-10(15(20)21)8-12(14)17/h7-8H,3-6,9H2,1-2H3,(H,20,21). The molecule has 0 unspecified atom stereocenters. The van der Waals surface area contributed by atoms with Crippen molar-refractivity contribution in [3.8, 4) is 5.75 Å². The molecule has 0 saturated heterocycles. The molecule has 1 rings (SSSR count). The molecule has 134 valence electrons. The maximum atomic E-state index is 12.2. The predicted molar refractivity (Wildman–Crippen MR) is 89.2 cm³/mol. The number of benzene rings is 1. The SMILES string of the molecule is COCCN(CCOC)C(=O)COc1c(Cl)cc(C(=O)O)cc1Cl. The second-order valence-electron chi connectivity index (χ2n) is 4.73. The minimum Gasteiger partial charge on any atom is -0.481 e. The first-order valence-corrected chi connectivity index (χ1v) is 7.77. The lowest BCUT2D eigenvalue weighted by molar-refractivity contribution is -0.134. The summed E-state index contributed by atoms with van der Waals surface area (Å²) in [5.41, 5.74) is -0.0644. The van der Waals surface area contributed by atoms with Crippen molar-refractivity contribution < 1.29 is 28.9 Å². The number of ether oxygens (including phenoxy) is 3. The zero-order valence-electron chi connectivity index (χ0n) is 13.4. The van der Waals surface area contributed by atoms with Crippen molar-refractivity contribution in [2.24, 2.45) is 0 Å². The number of hydrogen-bond acceptors (Lipinski definition) is 5. The molecule has 0 saturated carbocycles. The summed E-state index contributed by atoms with van der Waals surface area (Å²) < 4.78 is 15.3. The van der Waals surface area contributed by atoms with Crippen molar-refractivity contribution >= 4 is 35.1 Å². The Morgan fingerprint density at radius 2 is 1.58 bits per heavy atom. The van der Waals surface area contributed by atoms with Gasteiger partial charge in [0.2, 0.25) is 0 Å². The Morgan fingerprint density at radius 1 is 1.08 bits per heavy atom. The number of carbonyl (C=O) groups excluding carboxylic acids is 1. The summed E-state index contributed by atoms with van der Waals surface area (Å²) in [6.45, 7) is 1.25. The number of nitrogens with zero attached hydrogens (tertiary/aromatic N) is 1. The lowest BCUT2D eigenvalue weighted by Crippen LogP contribution is -2.39. The second-order valence-corrected chi connectivity index (χ2v) is 5.54. The third-order valence-electron chi connectivity index (χ3n) is 3.07. The number of carboxylic acid groups (broad SMARTS) is 1. The van der Waals surface area contributed by atoms with Crippen molar-refractivity contribution in [3.05, 3.63) is 27.7 Å². The van der Waals surface area contributed by atoms with Gasteiger partial charge in [-0.25, -0.2) is 4.79 Å². The zero-order chi connectivity index (χ0) is 18.1. The molecule has 0 aliphatic carbocycles. The highest BCUT2D eigenvalue weighted by atomic mass is 35.5. The highest BCUT2D eigenvalue weighted by Gasteiger charge is 2.17. The molecular formula is C15H19Cl2NO6. The van der Waals surface area contributed by atoms with Crippen LogP contribution in [0.4, 0.5) is 0 Å². The molecule has 0 aliphatic rings. The lowest BCUT2D eigenvalue weighted by atomic mass is 10.2. The monoisotopic (exact) mass is 379 g/mol. The van der Waals surface area contributed by atoms with Crippen molar-refractivity contribution in [2.75, 3.05) is 47.1 Å². The van der Waals surface area contributed by atoms with Gasteiger partial charge in [-0.1, -0.05) is 23.2 Å². The van der Waals surface area contributed by atoms with Gasteiger partial charge < -0.3 is 24.2 Å². The average molecular weight is 380 g/mol. The molecule has 0 radical (unpaired) electrons. The Morgan fingerprint density at radius 3 is 2.00 bits per heavy atom. The van der Waals surface area contributed by atoms with Crippen LogP contribution in [-0.2, 0) is 14.3 Å². The number of methoxy groups -OCH3 is 2. The normalized spacial score (nSPS) is 10.5. The van der Waals surface area contributed by atoms with Crippen LogP contribution in [0.1, 0.15) is 10.4 Å². The summed E-state index contributed by atoms with van der Waals surface area (Å²) in [4.78, 5) is 24.7. The second kappa shape index (κ2) is 10.4. The Balaban J connectivity index is 2.75. The van der Waals surface area contributed by atoms with E-state index >= 15 is 0 Å². The minimum absolute atomic E-state index is 0.0213. The van der Waals surface area contributed by atoms with E-state index in [2.05, 4.69) is 0 Å². The molecule has 0 fully saturated rings. The fourth-order valence-electron chi connectivity index (χ4n) is 1.81. The smallest absolute Gasteiger partial charge is 0.335 e. The molecule has 0 atom stereocenters. The zero-order valence-corrected chi connectivity index (χ0v) is 14.9. The van der Waals surface area contributed by atoms with Gasteiger partial charge in [0.25, 0.3) is 5.91 Å². The van der Waals surface area contributed by atoms with E-state index in [1.165, 1.54) is 17.0 Å². The van der Waals surface area contributed by atoms with Crippen LogP contribution in [0.5, 0.6) is 5.75 Å². The number of rotatable bonds is 10. The van der Waals surface area contributed by atoms with Crippen molar-refractivity contribution in [2.45, 2.75) is 0 Å². The molecule has 7 nitrogen and oxygen atoms in total. The third-order valence-corrected chi connectivity index (χ3v) is 3.63. The summed E-state index contributed by atoms with van der Waals surface area (Å²) >= 11 is 11.9. The van der Waals surface area contributed by atoms with Gasteiger partial charge in [-0.3, -0.25) is 4.79 Å². The fraction of sp³-hybridized carbons (Fsp3) is 0.467. The van der Waals surface area contributed by atoms with E-state index in [9.17, 15) is 9.59 Å². The quantitative estimate of drug-likeness (QED) is 0.670. The fourth-order valence-corrected chi connectivity index (χ4v) is 2.41. The molecule has 1 aromatic carbocycles. The summed E-state index contributed by atoms with van der Waals surface area (Å²) in [7, 11) is 3.08. The van der Waals surface area contributed by atoms with Gasteiger partial charge in [-0.2, -0.15) is 0 Å². The topological polar surface area (TPSA) is 85.3 Å². The van der Waals surface area contributed by atoms with Gasteiger partial charge in [-0.15, -0.1) is 0 Å². The minimum atomic E-state index is -1.16. The summed E-state index contributed by atoms with van der Waals surface area (Å²) in [6, 6.07) is 2.42. The maximum Gasteiger partial charge on any atom is 0.335 e. The third kappa shape index (κ3) is 6.16. The van der Waals surface area contributed by atoms with Gasteiger partial charge in [0, 0.05) is 27.3 Å². The largest absolute Gasteiger partial charge is 0.481 e. The molecule has 0 spiro atoms. The molecule has 0 aliphatic heterocycles. The number of halogens is 2. The number of amides is 1. The Bertz CT molecular complexity index is 550. The number of hydrogen-bond donors (Lipinski definition) is 1. The van der Waals surface area contributed by atoms with Crippen LogP contribution < -0.4 is 4.74 Å². The van der Waals surface area contributed by atoms with E-state index in [4.69, 9.17) is 42.5 Å². The van der Waals surface area contributed by atoms with E-state index in [-0.39, 0.29) is 33.9 Å². The van der Waals surface area contributed by atoms with Gasteiger partial charge in [0.15, 0.2) is 12.4 Å². The van der Waals surface area contributed by atoms with Crippen LogP contribution in [0.2, 0.25) is 10.0 Å². The van der Waals surface area contributed by atoms with Gasteiger partial charge >= 0.3 is 5.97 Å². The van der Waals surface area contributed by atoms with Crippen molar-refractivity contribution in [3.63, 3.8) is 0 Å². The van der Waals surface area contributed by atoms with E-state index in [1.54, 1.807) is 14.2 Å². The van der Waals surface area contributed by atoms with Crippen molar-refractivity contribution in [1.82, 2.24) is 4.90 Å². The first-order valence-electron chi connectivity index (χ1n) is 7.01. The first kappa shape index (κ1) is 20.5. The Labute approximate surface area is 150 Å². The molecule has 1 amide bonds. The van der Waals surface area contributed by atoms with Crippen LogP contribution in [0, 0.1) is 0 Å². The maximum absolute atomic E-state index is 12.2. The van der Waals surface area contributed by atoms with E-state index in [0.717, 1.165) is 0 Å². The molecular weight excluding hydrogens is 361 g/mol. The van der Waals surface area contributed by atoms with Gasteiger partial charge in [0.1, 0.15) is 0 Å². The number of aromatic carboxylic acids is 1. The van der Waals surface area contributed by atoms with E-state index in [1.807, 2.05) is 0 Å². The molecule has 0 heterocycles. The average Bonchev–Trinajstić information content (AvgIpc) is 2.53. The Hall–Kier alpha value is -1.54. The van der Waals surface area contributed by atoms with Crippen LogP contribution in [0.3, 0.4) is 0 Å². The summed E-state index contributed by atoms with van der Waals surface area (Å²) in [5.74, 6) is -1.39. The Kier molecular flexibility index (Phi) is 8.84. The summed E-state index contributed by atoms with van der Waals surface area (Å²) in [6.07, 6.45) is 0. The van der Waals surface area contributed by atoms with Crippen LogP contribution >= 0.6 is 23.2 Å². The highest BCUT2D eigenvalue weighted by molar-refractivity contribution is 6.37. The molecule has 0 aromatic heterocycles. The molecule has 1 N–H and O–H groups in total. The van der Waals surface area contributed by atoms with E-state index < -0.39 is 5.97 Å². The van der Waals surface area contributed by atoms with Crippen molar-refractivity contribution in [1.29, 1.82) is 0 Å². The van der Waals surface area contributed by atoms with Gasteiger partial charge in [-0.05, 0) is 12.1 Å². The lowest BCUT2D eigenvalue weighted by Gasteiger charge is -2.22. The molecule has 9 heteroatoms. The van der Waals surface area contributed by atoms with Gasteiger partial charge in [0.05, 0.1) is 28.8 Å². The highest BCUT2D eigenvalue weighted by Crippen LogP contribution is 2.34. The first-order chi connectivity index (χ1) is 11.4. The number of carbonyl (C=O) groups is 2. The van der Waals surface area contributed by atoms with Crippen LogP contribution in [0.15, 0.2) is 12.1 Å². The molecule has 1 aromatic rings.